The van der Waals surface area contributed by atoms with Gasteiger partial charge in [0.2, 0.25) is 0 Å². The van der Waals surface area contributed by atoms with Crippen molar-refractivity contribution in [1.29, 1.82) is 0 Å². The van der Waals surface area contributed by atoms with Crippen molar-refractivity contribution >= 4 is 0 Å². The molecule has 1 saturated carbocycles. The Bertz CT molecular complexity index is 681. The summed E-state index contributed by atoms with van der Waals surface area (Å²) in [5, 5.41) is 0. The van der Waals surface area contributed by atoms with Crippen molar-refractivity contribution in [3.8, 4) is 5.75 Å². The molecule has 0 amide bonds. The first-order chi connectivity index (χ1) is 12.8. The van der Waals surface area contributed by atoms with Gasteiger partial charge in [-0.3, -0.25) is 4.90 Å². The van der Waals surface area contributed by atoms with Crippen molar-refractivity contribution < 1.29 is 9.47 Å². The molecule has 1 aliphatic heterocycles. The maximum Gasteiger partial charge on any atom is 0.118 e. The highest BCUT2D eigenvalue weighted by Crippen LogP contribution is 2.32. The van der Waals surface area contributed by atoms with Crippen molar-refractivity contribution in [1.82, 2.24) is 4.90 Å². The summed E-state index contributed by atoms with van der Waals surface area (Å²) in [7, 11) is 1.72. The van der Waals surface area contributed by atoms with E-state index < -0.39 is 0 Å². The van der Waals surface area contributed by atoms with E-state index in [1.165, 1.54) is 24.0 Å². The Hall–Kier alpha value is -1.84. The minimum atomic E-state index is 0.356. The van der Waals surface area contributed by atoms with Gasteiger partial charge in [-0.05, 0) is 54.9 Å². The van der Waals surface area contributed by atoms with Crippen LogP contribution in [0.4, 0.5) is 0 Å². The fourth-order valence-corrected chi connectivity index (χ4v) is 3.90. The molecule has 3 heteroatoms. The standard InChI is InChI=1S/C23H29NO2/c1-25-21-11-9-19(10-12-21)16-24-14-13-23(26-17-20-7-8-20)22(24)15-18-5-3-2-4-6-18/h2-6,9-12,20,22-23H,7-8,13-17H2,1H3/t22-,23+/m0/s1. The van der Waals surface area contributed by atoms with Crippen LogP contribution in [-0.4, -0.2) is 37.3 Å². The Morgan fingerprint density at radius 3 is 2.38 bits per heavy atom. The van der Waals surface area contributed by atoms with Crippen molar-refractivity contribution in [2.75, 3.05) is 20.3 Å². The minimum absolute atomic E-state index is 0.356. The van der Waals surface area contributed by atoms with Crippen LogP contribution < -0.4 is 4.74 Å². The molecular formula is C23H29NO2. The van der Waals surface area contributed by atoms with E-state index >= 15 is 0 Å². The highest BCUT2D eigenvalue weighted by molar-refractivity contribution is 5.27. The molecule has 1 aliphatic carbocycles. The van der Waals surface area contributed by atoms with E-state index in [1.807, 2.05) is 0 Å². The lowest BCUT2D eigenvalue weighted by Crippen LogP contribution is -2.38. The molecule has 2 aromatic carbocycles. The maximum atomic E-state index is 6.35. The molecule has 0 spiro atoms. The highest BCUT2D eigenvalue weighted by atomic mass is 16.5. The predicted octanol–water partition coefficient (Wildman–Crippen LogP) is 4.31. The van der Waals surface area contributed by atoms with E-state index in [2.05, 4.69) is 59.5 Å². The molecule has 2 aliphatic rings. The molecule has 138 valence electrons. The normalized spacial score (nSPS) is 23.3. The van der Waals surface area contributed by atoms with Gasteiger partial charge in [0.15, 0.2) is 0 Å². The number of benzene rings is 2. The zero-order chi connectivity index (χ0) is 17.8. The summed E-state index contributed by atoms with van der Waals surface area (Å²) in [5.41, 5.74) is 2.74. The van der Waals surface area contributed by atoms with Gasteiger partial charge < -0.3 is 9.47 Å². The second-order valence-electron chi connectivity index (χ2n) is 7.68. The van der Waals surface area contributed by atoms with Gasteiger partial charge in [-0.2, -0.15) is 0 Å². The van der Waals surface area contributed by atoms with Crippen molar-refractivity contribution in [3.05, 3.63) is 65.7 Å². The number of nitrogens with zero attached hydrogens (tertiary/aromatic N) is 1. The van der Waals surface area contributed by atoms with Gasteiger partial charge in [0.1, 0.15) is 5.75 Å². The third-order valence-electron chi connectivity index (χ3n) is 5.67. The second-order valence-corrected chi connectivity index (χ2v) is 7.68. The van der Waals surface area contributed by atoms with Gasteiger partial charge in [0.05, 0.1) is 13.2 Å². The Labute approximate surface area is 156 Å². The van der Waals surface area contributed by atoms with Gasteiger partial charge in [-0.1, -0.05) is 42.5 Å². The number of rotatable bonds is 8. The third-order valence-corrected chi connectivity index (χ3v) is 5.67. The second kappa shape index (κ2) is 8.24. The molecule has 2 aromatic rings. The van der Waals surface area contributed by atoms with Gasteiger partial charge in [-0.25, -0.2) is 0 Å². The molecule has 26 heavy (non-hydrogen) atoms. The van der Waals surface area contributed by atoms with E-state index in [-0.39, 0.29) is 0 Å². The number of methoxy groups -OCH3 is 1. The quantitative estimate of drug-likeness (QED) is 0.707. The van der Waals surface area contributed by atoms with Crippen LogP contribution in [0.1, 0.15) is 30.4 Å². The molecule has 0 aromatic heterocycles. The molecule has 1 saturated heterocycles. The molecule has 2 fully saturated rings. The topological polar surface area (TPSA) is 21.7 Å². The summed E-state index contributed by atoms with van der Waals surface area (Å²) in [6.45, 7) is 3.04. The summed E-state index contributed by atoms with van der Waals surface area (Å²) in [6, 6.07) is 19.8. The Morgan fingerprint density at radius 1 is 0.923 bits per heavy atom. The first-order valence-electron chi connectivity index (χ1n) is 9.84. The Balaban J connectivity index is 1.45. The molecule has 2 atom stereocenters. The van der Waals surface area contributed by atoms with Crippen molar-refractivity contribution in [2.45, 2.75) is 44.4 Å². The fourth-order valence-electron chi connectivity index (χ4n) is 3.90. The van der Waals surface area contributed by atoms with Crippen molar-refractivity contribution in [2.24, 2.45) is 5.92 Å². The first kappa shape index (κ1) is 17.6. The van der Waals surface area contributed by atoms with E-state index in [1.54, 1.807) is 7.11 Å². The van der Waals surface area contributed by atoms with Gasteiger partial charge in [0, 0.05) is 25.7 Å². The molecule has 1 heterocycles. The van der Waals surface area contributed by atoms with Gasteiger partial charge in [-0.15, -0.1) is 0 Å². The monoisotopic (exact) mass is 351 g/mol. The van der Waals surface area contributed by atoms with Crippen molar-refractivity contribution in [3.63, 3.8) is 0 Å². The lowest BCUT2D eigenvalue weighted by atomic mass is 10.0. The maximum absolute atomic E-state index is 6.35. The first-order valence-corrected chi connectivity index (χ1v) is 9.84. The molecule has 4 rings (SSSR count). The molecule has 0 N–H and O–H groups in total. The summed E-state index contributed by atoms with van der Waals surface area (Å²) in [5.74, 6) is 1.74. The molecular weight excluding hydrogens is 322 g/mol. The van der Waals surface area contributed by atoms with Gasteiger partial charge in [0.25, 0.3) is 0 Å². The summed E-state index contributed by atoms with van der Waals surface area (Å²) in [6.07, 6.45) is 5.26. The lowest BCUT2D eigenvalue weighted by molar-refractivity contribution is 0.0196. The molecule has 0 radical (unpaired) electrons. The third kappa shape index (κ3) is 4.46. The zero-order valence-corrected chi connectivity index (χ0v) is 15.6. The lowest BCUT2D eigenvalue weighted by Gasteiger charge is -2.28. The molecule has 3 nitrogen and oxygen atoms in total. The van der Waals surface area contributed by atoms with Crippen LogP contribution in [0.15, 0.2) is 54.6 Å². The van der Waals surface area contributed by atoms with Crippen LogP contribution in [0.5, 0.6) is 5.75 Å². The number of likely N-dealkylation sites (tertiary alicyclic amines) is 1. The Kier molecular flexibility index (Phi) is 5.57. The number of hydrogen-bond donors (Lipinski definition) is 0. The average Bonchev–Trinajstić information content (AvgIpc) is 3.45. The fraction of sp³-hybridized carbons (Fsp3) is 0.478. The Morgan fingerprint density at radius 2 is 1.69 bits per heavy atom. The number of hydrogen-bond acceptors (Lipinski definition) is 3. The van der Waals surface area contributed by atoms with E-state index in [4.69, 9.17) is 9.47 Å². The molecule has 0 bridgehead atoms. The largest absolute Gasteiger partial charge is 0.497 e. The van der Waals surface area contributed by atoms with Crippen LogP contribution in [-0.2, 0) is 17.7 Å². The minimum Gasteiger partial charge on any atom is -0.497 e. The molecule has 0 unspecified atom stereocenters. The summed E-state index contributed by atoms with van der Waals surface area (Å²) in [4.78, 5) is 2.60. The van der Waals surface area contributed by atoms with Crippen LogP contribution in [0.3, 0.4) is 0 Å². The van der Waals surface area contributed by atoms with E-state index in [0.29, 0.717) is 12.1 Å². The van der Waals surface area contributed by atoms with Crippen LogP contribution in [0.2, 0.25) is 0 Å². The van der Waals surface area contributed by atoms with E-state index in [9.17, 15) is 0 Å². The average molecular weight is 351 g/mol. The summed E-state index contributed by atoms with van der Waals surface area (Å²) < 4.78 is 11.6. The highest BCUT2D eigenvalue weighted by Gasteiger charge is 2.36. The van der Waals surface area contributed by atoms with Crippen LogP contribution >= 0.6 is 0 Å². The smallest absolute Gasteiger partial charge is 0.118 e. The van der Waals surface area contributed by atoms with E-state index in [0.717, 1.165) is 44.2 Å². The summed E-state index contributed by atoms with van der Waals surface area (Å²) >= 11 is 0. The van der Waals surface area contributed by atoms with Crippen LogP contribution in [0, 0.1) is 5.92 Å². The zero-order valence-electron chi connectivity index (χ0n) is 15.6. The SMILES string of the molecule is COc1ccc(CN2CC[C@@H](OCC3CC3)[C@@H]2Cc2ccccc2)cc1. The number of ether oxygens (including phenoxy) is 2. The predicted molar refractivity (Wildman–Crippen MR) is 104 cm³/mol. The van der Waals surface area contributed by atoms with Crippen LogP contribution in [0.25, 0.3) is 0 Å². The van der Waals surface area contributed by atoms with Gasteiger partial charge >= 0.3 is 0 Å².